The summed E-state index contributed by atoms with van der Waals surface area (Å²) in [6.45, 7) is 0. The van der Waals surface area contributed by atoms with Gasteiger partial charge < -0.3 is 4.74 Å². The molecule has 0 N–H and O–H groups in total. The number of benzene rings is 2. The molecule has 0 saturated heterocycles. The van der Waals surface area contributed by atoms with Crippen LogP contribution in [-0.2, 0) is 4.74 Å². The molecule has 0 aromatic heterocycles. The van der Waals surface area contributed by atoms with Crippen molar-refractivity contribution >= 4 is 23.5 Å². The number of nitro benzene ring substituents is 1. The minimum absolute atomic E-state index is 0.0386. The number of nitrogens with zero attached hydrogens (tertiary/aromatic N) is 2. The quantitative estimate of drug-likeness (QED) is 0.478. The Morgan fingerprint density at radius 1 is 1.25 bits per heavy atom. The normalized spacial score (nSPS) is 14.2. The maximum atomic E-state index is 14.0. The fourth-order valence-electron chi connectivity index (χ4n) is 2.32. The number of nitriles is 1. The molecule has 0 unspecified atom stereocenters. The lowest BCUT2D eigenvalue weighted by molar-refractivity contribution is -0.385. The van der Waals surface area contributed by atoms with E-state index >= 15 is 0 Å². The summed E-state index contributed by atoms with van der Waals surface area (Å²) < 4.78 is 32.3. The van der Waals surface area contributed by atoms with Gasteiger partial charge >= 0.3 is 5.97 Å². The van der Waals surface area contributed by atoms with Crippen molar-refractivity contribution in [2.75, 3.05) is 0 Å². The van der Waals surface area contributed by atoms with Gasteiger partial charge in [-0.3, -0.25) is 10.1 Å². The molecule has 0 aliphatic carbocycles. The Labute approximate surface area is 133 Å². The lowest BCUT2D eigenvalue weighted by Gasteiger charge is -2.02. The summed E-state index contributed by atoms with van der Waals surface area (Å²) in [6, 6.07) is 6.82. The molecule has 0 spiro atoms. The molecular weight excluding hydrogens is 322 g/mol. The number of halogens is 2. The zero-order valence-corrected chi connectivity index (χ0v) is 11.7. The standard InChI is InChI=1S/C16H6F2N2O4/c17-10-5-11-15(13(6-10)20(22)23)14(24-16(11)21)4-9-2-1-8(7-19)3-12(9)18/h1-6H/b14-4-. The monoisotopic (exact) mass is 328 g/mol. The number of cyclic esters (lactones) is 1. The summed E-state index contributed by atoms with van der Waals surface area (Å²) in [6.07, 6.45) is 1.09. The molecule has 0 fully saturated rings. The number of carbonyl (C=O) groups excluding carboxylic acids is 1. The van der Waals surface area contributed by atoms with Crippen LogP contribution in [0.4, 0.5) is 14.5 Å². The summed E-state index contributed by atoms with van der Waals surface area (Å²) in [7, 11) is 0. The van der Waals surface area contributed by atoms with Crippen LogP contribution in [0.2, 0.25) is 0 Å². The molecule has 2 aromatic rings. The Hall–Kier alpha value is -3.60. The van der Waals surface area contributed by atoms with Gasteiger partial charge in [0.1, 0.15) is 23.0 Å². The van der Waals surface area contributed by atoms with E-state index in [-0.39, 0.29) is 28.0 Å². The van der Waals surface area contributed by atoms with Crippen LogP contribution >= 0.6 is 0 Å². The van der Waals surface area contributed by atoms with E-state index in [1.165, 1.54) is 12.1 Å². The van der Waals surface area contributed by atoms with Crippen molar-refractivity contribution in [2.45, 2.75) is 0 Å². The third-order valence-electron chi connectivity index (χ3n) is 3.36. The number of esters is 1. The topological polar surface area (TPSA) is 93.2 Å². The van der Waals surface area contributed by atoms with Crippen molar-refractivity contribution in [3.8, 4) is 6.07 Å². The van der Waals surface area contributed by atoms with Gasteiger partial charge in [0.15, 0.2) is 0 Å². The van der Waals surface area contributed by atoms with Crippen molar-refractivity contribution in [2.24, 2.45) is 0 Å². The third kappa shape index (κ3) is 2.48. The zero-order chi connectivity index (χ0) is 17.4. The van der Waals surface area contributed by atoms with Crippen LogP contribution < -0.4 is 0 Å². The highest BCUT2D eigenvalue weighted by atomic mass is 19.1. The van der Waals surface area contributed by atoms with Crippen molar-refractivity contribution in [3.63, 3.8) is 0 Å². The van der Waals surface area contributed by atoms with Gasteiger partial charge in [0, 0.05) is 5.56 Å². The molecule has 24 heavy (non-hydrogen) atoms. The second-order valence-electron chi connectivity index (χ2n) is 4.85. The van der Waals surface area contributed by atoms with Crippen LogP contribution in [0.25, 0.3) is 11.8 Å². The molecule has 1 aliphatic rings. The van der Waals surface area contributed by atoms with Crippen LogP contribution in [0.5, 0.6) is 0 Å². The SMILES string of the molecule is N#Cc1ccc(/C=C2\OC(=O)c3cc(F)cc([N+](=O)[O-])c32)c(F)c1. The second kappa shape index (κ2) is 5.55. The van der Waals surface area contributed by atoms with E-state index in [1.807, 2.05) is 0 Å². The van der Waals surface area contributed by atoms with Gasteiger partial charge in [-0.05, 0) is 24.3 Å². The smallest absolute Gasteiger partial charge is 0.344 e. The highest BCUT2D eigenvalue weighted by Gasteiger charge is 2.35. The van der Waals surface area contributed by atoms with E-state index in [4.69, 9.17) is 10.00 Å². The predicted octanol–water partition coefficient (Wildman–Crippen LogP) is 3.41. The number of hydrogen-bond donors (Lipinski definition) is 0. The summed E-state index contributed by atoms with van der Waals surface area (Å²) in [4.78, 5) is 22.0. The Balaban J connectivity index is 2.19. The highest BCUT2D eigenvalue weighted by molar-refractivity contribution is 6.07. The molecule has 0 atom stereocenters. The third-order valence-corrected chi connectivity index (χ3v) is 3.36. The fraction of sp³-hybridized carbons (Fsp3) is 0. The Bertz CT molecular complexity index is 977. The van der Waals surface area contributed by atoms with Crippen LogP contribution in [-0.4, -0.2) is 10.9 Å². The number of carbonyl (C=O) groups is 1. The maximum absolute atomic E-state index is 14.0. The minimum atomic E-state index is -0.965. The Kier molecular flexibility index (Phi) is 3.54. The van der Waals surface area contributed by atoms with E-state index < -0.39 is 28.2 Å². The molecule has 8 heteroatoms. The minimum Gasteiger partial charge on any atom is -0.422 e. The average molecular weight is 328 g/mol. The van der Waals surface area contributed by atoms with Crippen molar-refractivity contribution in [1.82, 2.24) is 0 Å². The predicted molar refractivity (Wildman–Crippen MR) is 77.5 cm³/mol. The van der Waals surface area contributed by atoms with E-state index in [9.17, 15) is 23.7 Å². The van der Waals surface area contributed by atoms with Gasteiger partial charge in [0.05, 0.1) is 28.2 Å². The van der Waals surface area contributed by atoms with Gasteiger partial charge in [0.25, 0.3) is 5.69 Å². The van der Waals surface area contributed by atoms with Crippen LogP contribution in [0.15, 0.2) is 30.3 Å². The van der Waals surface area contributed by atoms with Gasteiger partial charge in [-0.1, -0.05) is 6.07 Å². The number of hydrogen-bond acceptors (Lipinski definition) is 5. The van der Waals surface area contributed by atoms with Crippen molar-refractivity contribution < 1.29 is 23.2 Å². The average Bonchev–Trinajstić information content (AvgIpc) is 2.84. The van der Waals surface area contributed by atoms with Crippen LogP contribution in [0, 0.1) is 33.1 Å². The first-order valence-electron chi connectivity index (χ1n) is 6.52. The molecule has 0 radical (unpaired) electrons. The molecule has 2 aromatic carbocycles. The number of ether oxygens (including phenoxy) is 1. The summed E-state index contributed by atoms with van der Waals surface area (Å²) >= 11 is 0. The summed E-state index contributed by atoms with van der Waals surface area (Å²) in [5.41, 5.74) is -1.12. The maximum Gasteiger partial charge on any atom is 0.344 e. The Morgan fingerprint density at radius 3 is 2.62 bits per heavy atom. The first-order chi connectivity index (χ1) is 11.4. The van der Waals surface area contributed by atoms with Gasteiger partial charge in [-0.15, -0.1) is 0 Å². The van der Waals surface area contributed by atoms with Gasteiger partial charge in [0.2, 0.25) is 0 Å². The lowest BCUT2D eigenvalue weighted by atomic mass is 10.0. The molecule has 0 bridgehead atoms. The van der Waals surface area contributed by atoms with E-state index in [1.54, 1.807) is 6.07 Å². The van der Waals surface area contributed by atoms with Gasteiger partial charge in [-0.25, -0.2) is 13.6 Å². The molecule has 1 heterocycles. The molecule has 3 rings (SSSR count). The zero-order valence-electron chi connectivity index (χ0n) is 11.7. The first-order valence-corrected chi connectivity index (χ1v) is 6.52. The molecule has 1 aliphatic heterocycles. The number of fused-ring (bicyclic) bond motifs is 1. The second-order valence-corrected chi connectivity index (χ2v) is 4.85. The number of rotatable bonds is 2. The molecule has 0 amide bonds. The van der Waals surface area contributed by atoms with Gasteiger partial charge in [-0.2, -0.15) is 5.26 Å². The molecule has 118 valence electrons. The van der Waals surface area contributed by atoms with Crippen LogP contribution in [0.3, 0.4) is 0 Å². The highest BCUT2D eigenvalue weighted by Crippen LogP contribution is 2.38. The van der Waals surface area contributed by atoms with Crippen molar-refractivity contribution in [1.29, 1.82) is 5.26 Å². The molecular formula is C16H6F2N2O4. The Morgan fingerprint density at radius 2 is 2.00 bits per heavy atom. The fourth-order valence-corrected chi connectivity index (χ4v) is 2.32. The first kappa shape index (κ1) is 15.3. The summed E-state index contributed by atoms with van der Waals surface area (Å²) in [5, 5.41) is 19.8. The molecule has 0 saturated carbocycles. The van der Waals surface area contributed by atoms with Crippen molar-refractivity contribution in [3.05, 3.63) is 74.3 Å². The van der Waals surface area contributed by atoms with E-state index in [0.29, 0.717) is 6.07 Å². The number of nitro groups is 1. The van der Waals surface area contributed by atoms with Crippen LogP contribution in [0.1, 0.15) is 27.0 Å². The van der Waals surface area contributed by atoms with E-state index in [2.05, 4.69) is 0 Å². The largest absolute Gasteiger partial charge is 0.422 e. The molecule has 6 nitrogen and oxygen atoms in total. The van der Waals surface area contributed by atoms with E-state index in [0.717, 1.165) is 18.2 Å². The lowest BCUT2D eigenvalue weighted by Crippen LogP contribution is -1.98. The summed E-state index contributed by atoms with van der Waals surface area (Å²) in [5.74, 6) is -2.95.